The van der Waals surface area contributed by atoms with Crippen molar-refractivity contribution in [3.63, 3.8) is 0 Å². The highest BCUT2D eigenvalue weighted by atomic mass is 19.3. The topological polar surface area (TPSA) is 52.6 Å². The van der Waals surface area contributed by atoms with Crippen LogP contribution in [0.4, 0.5) is 52.7 Å². The fourth-order valence-corrected chi connectivity index (χ4v) is 2.31. The van der Waals surface area contributed by atoms with Crippen LogP contribution in [0.1, 0.15) is 0 Å². The van der Waals surface area contributed by atoms with E-state index in [-0.39, 0.29) is 0 Å². The Balaban J connectivity index is 2.27. The van der Waals surface area contributed by atoms with Crippen molar-refractivity contribution in [2.45, 2.75) is 47.4 Å². The Labute approximate surface area is 157 Å². The molecule has 16 heteroatoms. The lowest BCUT2D eigenvalue weighted by molar-refractivity contribution is -0.319. The highest BCUT2D eigenvalue weighted by Gasteiger charge is 2.79. The normalized spacial score (nSPS) is 38.0. The number of allylic oxidation sites excluding steroid dienone is 2. The van der Waals surface area contributed by atoms with Crippen LogP contribution in [0.2, 0.25) is 0 Å². The Bertz CT molecular complexity index is 743. The molecule has 4 unspecified atom stereocenters. The van der Waals surface area contributed by atoms with Crippen LogP contribution in [0, 0.1) is 0 Å². The average molecular weight is 466 g/mol. The van der Waals surface area contributed by atoms with Crippen LogP contribution >= 0.6 is 0 Å². The molecule has 0 fully saturated rings. The van der Waals surface area contributed by atoms with E-state index in [2.05, 4.69) is 9.78 Å². The zero-order valence-electron chi connectivity index (χ0n) is 13.6. The van der Waals surface area contributed by atoms with Gasteiger partial charge in [0.25, 0.3) is 11.3 Å². The summed E-state index contributed by atoms with van der Waals surface area (Å²) in [5, 5.41) is 0. The minimum Gasteiger partial charge on any atom is -0.243 e. The lowest BCUT2D eigenvalue weighted by Gasteiger charge is -2.38. The van der Waals surface area contributed by atoms with Gasteiger partial charge in [0, 0.05) is 0 Å². The fraction of sp³-hybridized carbons (Fsp3) is 0.571. The van der Waals surface area contributed by atoms with Crippen molar-refractivity contribution in [1.29, 1.82) is 0 Å². The number of rotatable bonds is 2. The third kappa shape index (κ3) is 2.78. The summed E-state index contributed by atoms with van der Waals surface area (Å²) < 4.78 is 161. The van der Waals surface area contributed by atoms with Crippen molar-refractivity contribution in [3.8, 4) is 0 Å². The van der Waals surface area contributed by atoms with E-state index < -0.39 is 83.6 Å². The predicted octanol–water partition coefficient (Wildman–Crippen LogP) is 3.76. The number of alkyl halides is 12. The molecule has 0 saturated heterocycles. The molecule has 0 aromatic carbocycles. The Kier molecular flexibility index (Phi) is 5.20. The number of carbonyl (C=O) groups excluding carboxylic acids is 2. The van der Waals surface area contributed by atoms with Gasteiger partial charge in [-0.15, -0.1) is 0 Å². The van der Waals surface area contributed by atoms with E-state index in [0.29, 0.717) is 0 Å². The first kappa shape index (κ1) is 23.9. The lowest BCUT2D eigenvalue weighted by Crippen LogP contribution is -2.66. The molecule has 0 amide bonds. The SMILES string of the molecule is O=C(OOC(=O)C1(F)C=CC(F)C(F)(F)C1(F)F)C1(F)C=CC(F)C(F)(F)C1(F)F. The van der Waals surface area contributed by atoms with Gasteiger partial charge in [-0.05, 0) is 24.3 Å². The molecule has 0 aliphatic heterocycles. The number of carbonyl (C=O) groups is 2. The number of hydrogen-bond donors (Lipinski definition) is 0. The molecule has 0 N–H and O–H groups in total. The highest BCUT2D eigenvalue weighted by Crippen LogP contribution is 2.53. The fourth-order valence-electron chi connectivity index (χ4n) is 2.31. The van der Waals surface area contributed by atoms with E-state index in [1.807, 2.05) is 0 Å². The van der Waals surface area contributed by atoms with Gasteiger partial charge in [-0.25, -0.2) is 36.9 Å². The minimum atomic E-state index is -6.19. The maximum atomic E-state index is 14.2. The summed E-state index contributed by atoms with van der Waals surface area (Å²) in [6, 6.07) is 0. The van der Waals surface area contributed by atoms with E-state index >= 15 is 0 Å². The van der Waals surface area contributed by atoms with Crippen LogP contribution in [-0.4, -0.2) is 59.3 Å². The molecule has 0 aromatic heterocycles. The minimum absolute atomic E-state index is 0.545. The van der Waals surface area contributed by atoms with Gasteiger partial charge in [-0.1, -0.05) is 0 Å². The van der Waals surface area contributed by atoms with E-state index in [1.54, 1.807) is 0 Å². The molecule has 30 heavy (non-hydrogen) atoms. The summed E-state index contributed by atoms with van der Waals surface area (Å²) in [5.74, 6) is -30.6. The molecule has 2 aliphatic rings. The second kappa shape index (κ2) is 6.54. The van der Waals surface area contributed by atoms with Crippen molar-refractivity contribution < 1.29 is 72.0 Å². The Hall–Kier alpha value is -2.42. The molecule has 4 atom stereocenters. The van der Waals surface area contributed by atoms with Gasteiger partial charge < -0.3 is 0 Å². The quantitative estimate of drug-likeness (QED) is 0.269. The summed E-state index contributed by atoms with van der Waals surface area (Å²) in [6.45, 7) is 0. The van der Waals surface area contributed by atoms with Crippen LogP contribution in [0.5, 0.6) is 0 Å². The first-order valence-electron chi connectivity index (χ1n) is 7.30. The average Bonchev–Trinajstić information content (AvgIpc) is 2.64. The largest absolute Gasteiger partial charge is 0.402 e. The molecule has 0 heterocycles. The smallest absolute Gasteiger partial charge is 0.243 e. The van der Waals surface area contributed by atoms with E-state index in [9.17, 15) is 62.3 Å². The summed E-state index contributed by atoms with van der Waals surface area (Å²) in [5.41, 5.74) is -10.5. The van der Waals surface area contributed by atoms with E-state index in [0.717, 1.165) is 0 Å². The predicted molar refractivity (Wildman–Crippen MR) is 67.7 cm³/mol. The Morgan fingerprint density at radius 3 is 1.13 bits per heavy atom. The number of hydrogen-bond acceptors (Lipinski definition) is 4. The van der Waals surface area contributed by atoms with E-state index in [4.69, 9.17) is 0 Å². The van der Waals surface area contributed by atoms with E-state index in [1.165, 1.54) is 0 Å². The molecule has 0 aromatic rings. The first-order valence-corrected chi connectivity index (χ1v) is 7.30. The molecular formula is C14H6F12O4. The first-order chi connectivity index (χ1) is 13.3. The molecule has 170 valence electrons. The van der Waals surface area contributed by atoms with Crippen molar-refractivity contribution in [3.05, 3.63) is 24.3 Å². The number of halogens is 12. The molecule has 0 saturated carbocycles. The van der Waals surface area contributed by atoms with Gasteiger partial charge in [0.15, 0.2) is 12.3 Å². The third-order valence-corrected chi connectivity index (χ3v) is 4.22. The summed E-state index contributed by atoms with van der Waals surface area (Å²) in [7, 11) is 0. The van der Waals surface area contributed by atoms with Gasteiger partial charge in [-0.3, -0.25) is 0 Å². The molecule has 0 bridgehead atoms. The van der Waals surface area contributed by atoms with Gasteiger partial charge >= 0.3 is 35.6 Å². The van der Waals surface area contributed by atoms with Crippen LogP contribution < -0.4 is 0 Å². The second-order valence-electron chi connectivity index (χ2n) is 6.08. The molecular weight excluding hydrogens is 460 g/mol. The van der Waals surface area contributed by atoms with Crippen LogP contribution in [-0.2, 0) is 19.4 Å². The lowest BCUT2D eigenvalue weighted by atomic mass is 9.84. The monoisotopic (exact) mass is 466 g/mol. The molecule has 2 aliphatic carbocycles. The van der Waals surface area contributed by atoms with Crippen molar-refractivity contribution in [2.24, 2.45) is 0 Å². The summed E-state index contributed by atoms with van der Waals surface area (Å²) >= 11 is 0. The van der Waals surface area contributed by atoms with Crippen molar-refractivity contribution in [2.75, 3.05) is 0 Å². The summed E-state index contributed by atoms with van der Waals surface area (Å²) in [4.78, 5) is 28.8. The Morgan fingerprint density at radius 2 is 0.867 bits per heavy atom. The van der Waals surface area contributed by atoms with Crippen LogP contribution in [0.3, 0.4) is 0 Å². The molecule has 4 nitrogen and oxygen atoms in total. The standard InChI is InChI=1S/C14H6F12O4/c15-5-1-3-9(17,13(23,24)11(5,19)20)7(27)29-30-8(28)10(18)4-2-6(16)12(21,22)14(10,25)26/h1-6H. The van der Waals surface area contributed by atoms with Gasteiger partial charge in [0.2, 0.25) is 0 Å². The van der Waals surface area contributed by atoms with Gasteiger partial charge in [0.1, 0.15) is 0 Å². The summed E-state index contributed by atoms with van der Waals surface area (Å²) in [6.07, 6.45) is -10.2. The second-order valence-corrected chi connectivity index (χ2v) is 6.08. The maximum absolute atomic E-state index is 14.2. The zero-order valence-corrected chi connectivity index (χ0v) is 13.6. The van der Waals surface area contributed by atoms with Gasteiger partial charge in [-0.2, -0.15) is 35.1 Å². The van der Waals surface area contributed by atoms with Crippen molar-refractivity contribution >= 4 is 11.9 Å². The third-order valence-electron chi connectivity index (χ3n) is 4.22. The Morgan fingerprint density at radius 1 is 0.600 bits per heavy atom. The molecule has 0 radical (unpaired) electrons. The molecule has 2 rings (SSSR count). The van der Waals surface area contributed by atoms with Crippen LogP contribution in [0.25, 0.3) is 0 Å². The zero-order chi connectivity index (χ0) is 23.6. The van der Waals surface area contributed by atoms with Gasteiger partial charge in [0.05, 0.1) is 0 Å². The van der Waals surface area contributed by atoms with Crippen molar-refractivity contribution in [1.82, 2.24) is 0 Å². The van der Waals surface area contributed by atoms with Crippen LogP contribution in [0.15, 0.2) is 24.3 Å². The molecule has 0 spiro atoms. The highest BCUT2D eigenvalue weighted by molar-refractivity contribution is 5.87. The maximum Gasteiger partial charge on any atom is 0.402 e.